The lowest BCUT2D eigenvalue weighted by atomic mass is 9.81. The Hall–Kier alpha value is -5.70. The van der Waals surface area contributed by atoms with Crippen LogP contribution < -0.4 is 21.1 Å². The molecular formula is C34H29F4N7O4. The summed E-state index contributed by atoms with van der Waals surface area (Å²) in [6.07, 6.45) is -3.76. The first-order chi connectivity index (χ1) is 23.1. The van der Waals surface area contributed by atoms with Gasteiger partial charge < -0.3 is 26.2 Å². The number of benzene rings is 2. The van der Waals surface area contributed by atoms with Crippen LogP contribution in [0.5, 0.6) is 5.75 Å². The highest BCUT2D eigenvalue weighted by Crippen LogP contribution is 2.47. The fraction of sp³-hybridized carbons (Fsp3) is 0.235. The van der Waals surface area contributed by atoms with Crippen molar-refractivity contribution in [3.8, 4) is 17.0 Å². The zero-order chi connectivity index (χ0) is 35.3. The number of aryl methyl sites for hydroxylation is 2. The molecule has 2 amide bonds. The standard InChI is InChI=1S/C34H29F4N7O4/c1-17-10-20-11-21(12-24(27(20)40-14-17)42-26-9-4-18(2)44-45-26)30(46)41-15-33(48,34(36,37)38)25-13-23-29(49-16-32(23,3)31(39)47)28(43-25)19-5-7-22(35)8-6-19/h4-14,48H,15-16H2,1-3H3,(H2,39,47)(H,41,46)(H,42,45)/t32-,33?/m0/s1. The Morgan fingerprint density at radius 3 is 2.43 bits per heavy atom. The lowest BCUT2D eigenvalue weighted by molar-refractivity contribution is -0.265. The number of amides is 2. The van der Waals surface area contributed by atoms with Crippen LogP contribution in [0.4, 0.5) is 29.1 Å². The van der Waals surface area contributed by atoms with Crippen LogP contribution in [-0.4, -0.2) is 56.4 Å². The summed E-state index contributed by atoms with van der Waals surface area (Å²) in [4.78, 5) is 34.6. The molecule has 252 valence electrons. The van der Waals surface area contributed by atoms with E-state index >= 15 is 0 Å². The largest absolute Gasteiger partial charge is 0.489 e. The molecule has 0 saturated carbocycles. The van der Waals surface area contributed by atoms with Gasteiger partial charge >= 0.3 is 6.18 Å². The van der Waals surface area contributed by atoms with E-state index in [4.69, 9.17) is 10.5 Å². The molecule has 0 aliphatic carbocycles. The van der Waals surface area contributed by atoms with Crippen molar-refractivity contribution >= 4 is 34.2 Å². The smallest absolute Gasteiger partial charge is 0.424 e. The first-order valence-corrected chi connectivity index (χ1v) is 14.9. The van der Waals surface area contributed by atoms with E-state index in [0.29, 0.717) is 28.1 Å². The van der Waals surface area contributed by atoms with Crippen LogP contribution in [0, 0.1) is 19.7 Å². The molecule has 15 heteroatoms. The molecule has 0 saturated heterocycles. The van der Waals surface area contributed by atoms with Crippen molar-refractivity contribution in [2.24, 2.45) is 5.73 Å². The lowest BCUT2D eigenvalue weighted by Gasteiger charge is -2.31. The predicted molar refractivity (Wildman–Crippen MR) is 170 cm³/mol. The number of anilines is 2. The Labute approximate surface area is 276 Å². The Bertz CT molecular complexity index is 2110. The van der Waals surface area contributed by atoms with E-state index in [1.54, 1.807) is 38.2 Å². The van der Waals surface area contributed by atoms with Gasteiger partial charge in [0, 0.05) is 28.3 Å². The highest BCUT2D eigenvalue weighted by Gasteiger charge is 2.57. The van der Waals surface area contributed by atoms with Gasteiger partial charge in [-0.15, -0.1) is 5.10 Å². The molecule has 49 heavy (non-hydrogen) atoms. The number of rotatable bonds is 8. The van der Waals surface area contributed by atoms with Crippen LogP contribution in [0.15, 0.2) is 66.9 Å². The van der Waals surface area contributed by atoms with Gasteiger partial charge in [-0.1, -0.05) is 0 Å². The summed E-state index contributed by atoms with van der Waals surface area (Å²) in [6, 6.07) is 13.6. The van der Waals surface area contributed by atoms with E-state index in [0.717, 1.165) is 23.8 Å². The number of ether oxygens (including phenoxy) is 1. The van der Waals surface area contributed by atoms with E-state index in [2.05, 4.69) is 30.8 Å². The number of carbonyl (C=O) groups is 2. The summed E-state index contributed by atoms with van der Waals surface area (Å²) < 4.78 is 64.1. The predicted octanol–water partition coefficient (Wildman–Crippen LogP) is 4.90. The van der Waals surface area contributed by atoms with Crippen LogP contribution in [0.3, 0.4) is 0 Å². The third-order valence-electron chi connectivity index (χ3n) is 8.37. The summed E-state index contributed by atoms with van der Waals surface area (Å²) in [5.41, 5.74) is 1.46. The second-order valence-electron chi connectivity index (χ2n) is 12.1. The number of fused-ring (bicyclic) bond motifs is 2. The van der Waals surface area contributed by atoms with Gasteiger partial charge in [-0.25, -0.2) is 9.37 Å². The number of hydrogen-bond donors (Lipinski definition) is 4. The quantitative estimate of drug-likeness (QED) is 0.167. The zero-order valence-corrected chi connectivity index (χ0v) is 26.3. The SMILES string of the molecule is Cc1cnc2c(Nc3ccc(C)nn3)cc(C(=O)NCC(O)(c3cc4c(c(-c5ccc(F)cc5)n3)OC[C@]4(C)C(N)=O)C(F)(F)F)cc2c1. The minimum absolute atomic E-state index is 0.0384. The molecule has 0 fully saturated rings. The number of nitrogens with one attached hydrogen (secondary N) is 2. The third-order valence-corrected chi connectivity index (χ3v) is 8.37. The Balaban J connectivity index is 1.40. The number of halogens is 4. The summed E-state index contributed by atoms with van der Waals surface area (Å²) in [7, 11) is 0. The minimum Gasteiger partial charge on any atom is -0.489 e. The van der Waals surface area contributed by atoms with Crippen LogP contribution in [0.25, 0.3) is 22.2 Å². The second kappa shape index (κ2) is 12.1. The molecule has 2 atom stereocenters. The molecule has 5 N–H and O–H groups in total. The topological polar surface area (TPSA) is 165 Å². The lowest BCUT2D eigenvalue weighted by Crippen LogP contribution is -2.51. The molecule has 0 bridgehead atoms. The van der Waals surface area contributed by atoms with Crippen LogP contribution in [0.2, 0.25) is 0 Å². The van der Waals surface area contributed by atoms with E-state index in [1.807, 2.05) is 0 Å². The van der Waals surface area contributed by atoms with Gasteiger partial charge in [0.15, 0.2) is 5.82 Å². The summed E-state index contributed by atoms with van der Waals surface area (Å²) in [6.45, 7) is 3.26. The van der Waals surface area contributed by atoms with Crippen molar-refractivity contribution in [1.82, 2.24) is 25.5 Å². The molecule has 1 aliphatic heterocycles. The van der Waals surface area contributed by atoms with Gasteiger partial charge in [-0.05, 0) is 87.0 Å². The van der Waals surface area contributed by atoms with Crippen LogP contribution in [-0.2, 0) is 15.8 Å². The summed E-state index contributed by atoms with van der Waals surface area (Å²) >= 11 is 0. The van der Waals surface area contributed by atoms with Gasteiger partial charge in [0.05, 0.1) is 29.1 Å². The normalized spacial score (nSPS) is 16.8. The number of nitrogens with zero attached hydrogens (tertiary/aromatic N) is 4. The van der Waals surface area contributed by atoms with Crippen molar-refractivity contribution in [2.45, 2.75) is 38.0 Å². The average molecular weight is 676 g/mol. The fourth-order valence-corrected chi connectivity index (χ4v) is 5.44. The molecular weight excluding hydrogens is 646 g/mol. The molecule has 5 aromatic rings. The molecule has 0 radical (unpaired) electrons. The maximum Gasteiger partial charge on any atom is 0.424 e. The molecule has 2 aromatic carbocycles. The third kappa shape index (κ3) is 6.08. The number of hydrogen-bond acceptors (Lipinski definition) is 9. The number of alkyl halides is 3. The van der Waals surface area contributed by atoms with Crippen molar-refractivity contribution < 1.29 is 37.0 Å². The van der Waals surface area contributed by atoms with Crippen molar-refractivity contribution in [1.29, 1.82) is 0 Å². The highest BCUT2D eigenvalue weighted by atomic mass is 19.4. The Morgan fingerprint density at radius 1 is 1.04 bits per heavy atom. The maximum absolute atomic E-state index is 14.9. The molecule has 0 spiro atoms. The monoisotopic (exact) mass is 675 g/mol. The maximum atomic E-state index is 14.9. The van der Waals surface area contributed by atoms with Crippen LogP contribution in [0.1, 0.15) is 39.8 Å². The Morgan fingerprint density at radius 2 is 1.78 bits per heavy atom. The van der Waals surface area contributed by atoms with Crippen molar-refractivity contribution in [3.63, 3.8) is 0 Å². The first-order valence-electron chi connectivity index (χ1n) is 14.9. The number of aromatic nitrogens is 4. The van der Waals surface area contributed by atoms with Gasteiger partial charge in [0.1, 0.15) is 29.3 Å². The van der Waals surface area contributed by atoms with E-state index < -0.39 is 47.1 Å². The van der Waals surface area contributed by atoms with Gasteiger partial charge in [-0.3, -0.25) is 14.6 Å². The highest BCUT2D eigenvalue weighted by molar-refractivity contribution is 6.03. The van der Waals surface area contributed by atoms with E-state index in [-0.39, 0.29) is 34.7 Å². The van der Waals surface area contributed by atoms with Gasteiger partial charge in [-0.2, -0.15) is 18.3 Å². The first kappa shape index (κ1) is 33.2. The summed E-state index contributed by atoms with van der Waals surface area (Å²) in [5.74, 6) is -2.15. The number of aliphatic hydroxyl groups is 1. The number of carbonyl (C=O) groups excluding carboxylic acids is 2. The number of pyridine rings is 2. The fourth-order valence-electron chi connectivity index (χ4n) is 5.44. The van der Waals surface area contributed by atoms with E-state index in [1.165, 1.54) is 31.2 Å². The number of primary amides is 1. The van der Waals surface area contributed by atoms with Gasteiger partial charge in [0.25, 0.3) is 5.91 Å². The molecule has 1 unspecified atom stereocenters. The molecule has 4 heterocycles. The second-order valence-corrected chi connectivity index (χ2v) is 12.1. The molecule has 1 aliphatic rings. The zero-order valence-electron chi connectivity index (χ0n) is 26.3. The molecule has 11 nitrogen and oxygen atoms in total. The van der Waals surface area contributed by atoms with Crippen LogP contribution >= 0.6 is 0 Å². The van der Waals surface area contributed by atoms with Crippen molar-refractivity contribution in [3.05, 3.63) is 101 Å². The summed E-state index contributed by atoms with van der Waals surface area (Å²) in [5, 5.41) is 25.2. The van der Waals surface area contributed by atoms with E-state index in [9.17, 15) is 32.3 Å². The average Bonchev–Trinajstić information content (AvgIpc) is 3.41. The molecule has 3 aromatic heterocycles. The number of nitrogens with two attached hydrogens (primary N) is 1. The van der Waals surface area contributed by atoms with Crippen molar-refractivity contribution in [2.75, 3.05) is 18.5 Å². The molecule has 6 rings (SSSR count). The Kier molecular flexibility index (Phi) is 8.18. The minimum atomic E-state index is -5.38. The van der Waals surface area contributed by atoms with Gasteiger partial charge in [0.2, 0.25) is 11.5 Å².